The first kappa shape index (κ1) is 20.2. The Labute approximate surface area is 166 Å². The van der Waals surface area contributed by atoms with Crippen molar-refractivity contribution in [2.24, 2.45) is 0 Å². The molecule has 1 heterocycles. The van der Waals surface area contributed by atoms with Crippen LogP contribution in [0.1, 0.15) is 51.5 Å². The summed E-state index contributed by atoms with van der Waals surface area (Å²) in [5.74, 6) is 1.13. The molecule has 3 rings (SSSR count). The Bertz CT molecular complexity index is 785. The molecule has 1 aliphatic carbocycles. The average Bonchev–Trinajstić information content (AvgIpc) is 2.97. The molecule has 6 nitrogen and oxygen atoms in total. The molecule has 1 fully saturated rings. The van der Waals surface area contributed by atoms with Gasteiger partial charge in [0.05, 0.1) is 26.7 Å². The lowest BCUT2D eigenvalue weighted by Gasteiger charge is -2.33. The second-order valence-corrected chi connectivity index (χ2v) is 7.68. The number of amides is 2. The van der Waals surface area contributed by atoms with E-state index in [0.29, 0.717) is 23.6 Å². The van der Waals surface area contributed by atoms with Gasteiger partial charge in [-0.1, -0.05) is 18.6 Å². The molecule has 1 saturated carbocycles. The lowest BCUT2D eigenvalue weighted by atomic mass is 9.88. The molecule has 1 N–H and O–H groups in total. The van der Waals surface area contributed by atoms with E-state index in [9.17, 15) is 9.59 Å². The van der Waals surface area contributed by atoms with Crippen LogP contribution in [-0.2, 0) is 16.1 Å². The first-order chi connectivity index (χ1) is 13.5. The summed E-state index contributed by atoms with van der Waals surface area (Å²) in [5, 5.41) is 2.93. The van der Waals surface area contributed by atoms with E-state index < -0.39 is 0 Å². The van der Waals surface area contributed by atoms with Gasteiger partial charge in [-0.2, -0.15) is 0 Å². The molecule has 1 unspecified atom stereocenters. The number of hydrogen-bond acceptors (Lipinski definition) is 4. The fourth-order valence-corrected chi connectivity index (χ4v) is 4.38. The van der Waals surface area contributed by atoms with Crippen LogP contribution in [0.5, 0.6) is 11.5 Å². The Morgan fingerprint density at radius 1 is 1.25 bits per heavy atom. The molecule has 0 radical (unpaired) electrons. The first-order valence-electron chi connectivity index (χ1n) is 9.99. The molecule has 2 amide bonds. The number of fused-ring (bicyclic) bond motifs is 1. The van der Waals surface area contributed by atoms with E-state index in [1.807, 2.05) is 36.9 Å². The minimum atomic E-state index is -0.143. The van der Waals surface area contributed by atoms with Gasteiger partial charge in [0.2, 0.25) is 5.91 Å². The van der Waals surface area contributed by atoms with Gasteiger partial charge in [0.25, 0.3) is 5.91 Å². The molecular formula is C22H30N2O4. The molecule has 1 aromatic rings. The van der Waals surface area contributed by atoms with Crippen molar-refractivity contribution in [3.8, 4) is 11.5 Å². The number of hydrogen-bond donors (Lipinski definition) is 1. The maximum absolute atomic E-state index is 13.0. The fourth-order valence-electron chi connectivity index (χ4n) is 4.38. The SMILES string of the molecule is COc1cccc(CNC(=O)CC2=C3CCCCC3N(C(C)C)C2=O)c1OC. The Morgan fingerprint density at radius 2 is 2.04 bits per heavy atom. The number of carbonyl (C=O) groups excluding carboxylic acids is 2. The van der Waals surface area contributed by atoms with Crippen LogP contribution in [0.25, 0.3) is 0 Å². The van der Waals surface area contributed by atoms with Gasteiger partial charge < -0.3 is 19.7 Å². The highest BCUT2D eigenvalue weighted by Crippen LogP contribution is 2.39. The predicted octanol–water partition coefficient (Wildman–Crippen LogP) is 3.20. The smallest absolute Gasteiger partial charge is 0.251 e. The highest BCUT2D eigenvalue weighted by Gasteiger charge is 2.41. The van der Waals surface area contributed by atoms with Crippen molar-refractivity contribution >= 4 is 11.8 Å². The van der Waals surface area contributed by atoms with Crippen molar-refractivity contribution in [2.75, 3.05) is 14.2 Å². The molecule has 152 valence electrons. The van der Waals surface area contributed by atoms with Gasteiger partial charge in [0.1, 0.15) is 0 Å². The summed E-state index contributed by atoms with van der Waals surface area (Å²) in [6, 6.07) is 5.90. The summed E-state index contributed by atoms with van der Waals surface area (Å²) < 4.78 is 10.7. The van der Waals surface area contributed by atoms with Gasteiger partial charge in [-0.15, -0.1) is 0 Å². The van der Waals surface area contributed by atoms with Crippen molar-refractivity contribution in [3.63, 3.8) is 0 Å². The molecule has 1 aliphatic heterocycles. The third-order valence-corrected chi connectivity index (χ3v) is 5.65. The summed E-state index contributed by atoms with van der Waals surface area (Å²) in [7, 11) is 3.16. The molecular weight excluding hydrogens is 356 g/mol. The lowest BCUT2D eigenvalue weighted by Crippen LogP contribution is -2.41. The van der Waals surface area contributed by atoms with Crippen molar-refractivity contribution in [2.45, 2.75) is 64.6 Å². The van der Waals surface area contributed by atoms with Crippen LogP contribution < -0.4 is 14.8 Å². The Balaban J connectivity index is 1.70. The number of para-hydroxylation sites is 1. The molecule has 1 aromatic carbocycles. The highest BCUT2D eigenvalue weighted by molar-refractivity contribution is 6.02. The normalized spacial score (nSPS) is 19.1. The topological polar surface area (TPSA) is 67.9 Å². The number of nitrogens with one attached hydrogen (secondary N) is 1. The van der Waals surface area contributed by atoms with E-state index >= 15 is 0 Å². The molecule has 1 atom stereocenters. The summed E-state index contributed by atoms with van der Waals surface area (Å²) in [5.41, 5.74) is 2.72. The molecule has 2 aliphatic rings. The van der Waals surface area contributed by atoms with E-state index in [1.54, 1.807) is 14.2 Å². The minimum absolute atomic E-state index is 0.0333. The van der Waals surface area contributed by atoms with Gasteiger partial charge in [-0.3, -0.25) is 9.59 Å². The van der Waals surface area contributed by atoms with Crippen molar-refractivity contribution in [1.82, 2.24) is 10.2 Å². The molecule has 0 saturated heterocycles. The van der Waals surface area contributed by atoms with Crippen LogP contribution in [0.2, 0.25) is 0 Å². The zero-order valence-electron chi connectivity index (χ0n) is 17.2. The summed E-state index contributed by atoms with van der Waals surface area (Å²) in [6.07, 6.45) is 4.30. The number of rotatable bonds is 7. The maximum atomic E-state index is 13.0. The minimum Gasteiger partial charge on any atom is -0.493 e. The summed E-state index contributed by atoms with van der Waals surface area (Å²) >= 11 is 0. The monoisotopic (exact) mass is 386 g/mol. The van der Waals surface area contributed by atoms with Gasteiger partial charge in [0, 0.05) is 23.7 Å². The summed E-state index contributed by atoms with van der Waals surface area (Å²) in [6.45, 7) is 4.41. The van der Waals surface area contributed by atoms with Crippen molar-refractivity contribution < 1.29 is 19.1 Å². The van der Waals surface area contributed by atoms with Crippen LogP contribution in [0.15, 0.2) is 29.3 Å². The quantitative estimate of drug-likeness (QED) is 0.781. The largest absolute Gasteiger partial charge is 0.493 e. The van der Waals surface area contributed by atoms with E-state index in [2.05, 4.69) is 5.32 Å². The molecule has 0 bridgehead atoms. The fraction of sp³-hybridized carbons (Fsp3) is 0.545. The van der Waals surface area contributed by atoms with E-state index in [4.69, 9.17) is 9.47 Å². The Morgan fingerprint density at radius 3 is 2.71 bits per heavy atom. The molecule has 6 heteroatoms. The van der Waals surface area contributed by atoms with E-state index in [-0.39, 0.29) is 30.3 Å². The second-order valence-electron chi connectivity index (χ2n) is 7.68. The average molecular weight is 386 g/mol. The second kappa shape index (κ2) is 8.67. The van der Waals surface area contributed by atoms with Crippen molar-refractivity contribution in [1.29, 1.82) is 0 Å². The molecule has 0 spiro atoms. The predicted molar refractivity (Wildman–Crippen MR) is 107 cm³/mol. The van der Waals surface area contributed by atoms with Crippen LogP contribution in [0.4, 0.5) is 0 Å². The number of nitrogens with zero attached hydrogens (tertiary/aromatic N) is 1. The zero-order valence-corrected chi connectivity index (χ0v) is 17.2. The zero-order chi connectivity index (χ0) is 20.3. The van der Waals surface area contributed by atoms with Crippen LogP contribution in [-0.4, -0.2) is 43.0 Å². The third-order valence-electron chi connectivity index (χ3n) is 5.65. The maximum Gasteiger partial charge on any atom is 0.251 e. The Kier molecular flexibility index (Phi) is 6.27. The molecule has 0 aromatic heterocycles. The number of methoxy groups -OCH3 is 2. The van der Waals surface area contributed by atoms with E-state index in [0.717, 1.165) is 31.2 Å². The third kappa shape index (κ3) is 3.86. The van der Waals surface area contributed by atoms with Gasteiger partial charge >= 0.3 is 0 Å². The highest BCUT2D eigenvalue weighted by atomic mass is 16.5. The number of ether oxygens (including phenoxy) is 2. The van der Waals surface area contributed by atoms with Crippen LogP contribution in [0, 0.1) is 0 Å². The number of carbonyl (C=O) groups is 2. The van der Waals surface area contributed by atoms with Gasteiger partial charge in [-0.25, -0.2) is 0 Å². The van der Waals surface area contributed by atoms with Gasteiger partial charge in [0.15, 0.2) is 11.5 Å². The Hall–Kier alpha value is -2.50. The number of benzene rings is 1. The van der Waals surface area contributed by atoms with Crippen molar-refractivity contribution in [3.05, 3.63) is 34.9 Å². The first-order valence-corrected chi connectivity index (χ1v) is 9.99. The van der Waals surface area contributed by atoms with Gasteiger partial charge in [-0.05, 0) is 44.7 Å². The standard InChI is InChI=1S/C22H30N2O4/c1-14(2)24-18-10-6-5-9-16(18)17(22(24)26)12-20(25)23-13-15-8-7-11-19(27-3)21(15)28-4/h7-8,11,14,18H,5-6,9-10,12-13H2,1-4H3,(H,23,25). The van der Waals surface area contributed by atoms with E-state index in [1.165, 1.54) is 5.57 Å². The summed E-state index contributed by atoms with van der Waals surface area (Å²) in [4.78, 5) is 27.6. The van der Waals surface area contributed by atoms with Crippen LogP contribution in [0.3, 0.4) is 0 Å². The lowest BCUT2D eigenvalue weighted by molar-refractivity contribution is -0.130. The molecule has 28 heavy (non-hydrogen) atoms. The van der Waals surface area contributed by atoms with Crippen LogP contribution >= 0.6 is 0 Å².